The van der Waals surface area contributed by atoms with Crippen molar-refractivity contribution in [2.75, 3.05) is 5.73 Å². The predicted octanol–water partition coefficient (Wildman–Crippen LogP) is 2.22. The maximum atomic E-state index is 9.50. The second kappa shape index (κ2) is 4.45. The molecule has 0 amide bonds. The molecular formula is C12H15N3O2. The molecule has 0 bridgehead atoms. The fourth-order valence-electron chi connectivity index (χ4n) is 1.50. The van der Waals surface area contributed by atoms with E-state index in [4.69, 9.17) is 10.3 Å². The Bertz CT molecular complexity index is 520. The van der Waals surface area contributed by atoms with E-state index in [9.17, 15) is 5.11 Å². The molecule has 1 heterocycles. The molecule has 0 saturated heterocycles. The van der Waals surface area contributed by atoms with Gasteiger partial charge in [-0.1, -0.05) is 19.0 Å². The zero-order chi connectivity index (χ0) is 12.4. The first-order valence-corrected chi connectivity index (χ1v) is 5.47. The monoisotopic (exact) mass is 233 g/mol. The molecule has 0 fully saturated rings. The Morgan fingerprint density at radius 3 is 2.82 bits per heavy atom. The molecule has 5 nitrogen and oxygen atoms in total. The van der Waals surface area contributed by atoms with E-state index in [0.717, 1.165) is 6.42 Å². The minimum absolute atomic E-state index is 0.0195. The third kappa shape index (κ3) is 2.55. The van der Waals surface area contributed by atoms with E-state index < -0.39 is 0 Å². The van der Waals surface area contributed by atoms with Crippen molar-refractivity contribution in [2.24, 2.45) is 5.92 Å². The summed E-state index contributed by atoms with van der Waals surface area (Å²) < 4.78 is 5.13. The van der Waals surface area contributed by atoms with Crippen LogP contribution in [-0.2, 0) is 6.42 Å². The first-order valence-electron chi connectivity index (χ1n) is 5.47. The molecule has 0 unspecified atom stereocenters. The average Bonchev–Trinajstić information content (AvgIpc) is 2.69. The smallest absolute Gasteiger partial charge is 0.258 e. The fraction of sp³-hybridized carbons (Fsp3) is 0.333. The van der Waals surface area contributed by atoms with Crippen molar-refractivity contribution in [1.29, 1.82) is 0 Å². The maximum Gasteiger partial charge on any atom is 0.258 e. The van der Waals surface area contributed by atoms with Gasteiger partial charge >= 0.3 is 0 Å². The summed E-state index contributed by atoms with van der Waals surface area (Å²) in [4.78, 5) is 4.26. The number of phenols is 1. The lowest BCUT2D eigenvalue weighted by molar-refractivity contribution is 0.417. The van der Waals surface area contributed by atoms with Gasteiger partial charge in [0.05, 0.1) is 5.69 Å². The van der Waals surface area contributed by atoms with Crippen LogP contribution in [-0.4, -0.2) is 15.2 Å². The van der Waals surface area contributed by atoms with Crippen molar-refractivity contribution in [3.8, 4) is 17.2 Å². The molecular weight excluding hydrogens is 218 g/mol. The summed E-state index contributed by atoms with van der Waals surface area (Å²) in [6.07, 6.45) is 0.768. The highest BCUT2D eigenvalue weighted by molar-refractivity contribution is 5.63. The molecule has 0 spiro atoms. The number of nitrogens with two attached hydrogens (primary N) is 1. The van der Waals surface area contributed by atoms with Gasteiger partial charge in [-0.15, -0.1) is 0 Å². The van der Waals surface area contributed by atoms with Crippen LogP contribution in [0.5, 0.6) is 5.75 Å². The van der Waals surface area contributed by atoms with E-state index >= 15 is 0 Å². The van der Waals surface area contributed by atoms with Gasteiger partial charge in [-0.05, 0) is 24.1 Å². The number of phenolic OH excluding ortho intramolecular Hbond substituents is 1. The van der Waals surface area contributed by atoms with Gasteiger partial charge in [-0.2, -0.15) is 4.98 Å². The minimum atomic E-state index is 0.0195. The van der Waals surface area contributed by atoms with Crippen LogP contribution >= 0.6 is 0 Å². The number of anilines is 1. The Morgan fingerprint density at radius 2 is 2.18 bits per heavy atom. The third-order valence-electron chi connectivity index (χ3n) is 2.34. The molecule has 2 rings (SSSR count). The highest BCUT2D eigenvalue weighted by atomic mass is 16.5. The van der Waals surface area contributed by atoms with Gasteiger partial charge in [-0.25, -0.2) is 0 Å². The van der Waals surface area contributed by atoms with E-state index in [0.29, 0.717) is 28.9 Å². The van der Waals surface area contributed by atoms with Gasteiger partial charge in [0.2, 0.25) is 0 Å². The first-order chi connectivity index (χ1) is 8.06. The molecule has 0 atom stereocenters. The number of aromatic hydroxyl groups is 1. The Hall–Kier alpha value is -2.04. The fourth-order valence-corrected chi connectivity index (χ4v) is 1.50. The number of benzene rings is 1. The summed E-state index contributed by atoms with van der Waals surface area (Å²) >= 11 is 0. The Morgan fingerprint density at radius 1 is 1.41 bits per heavy atom. The molecule has 1 aromatic heterocycles. The lowest BCUT2D eigenvalue weighted by Crippen LogP contribution is -1.95. The summed E-state index contributed by atoms with van der Waals surface area (Å²) in [6.45, 7) is 4.18. The molecule has 0 aliphatic heterocycles. The number of nitrogen functional groups attached to an aromatic ring is 1. The van der Waals surface area contributed by atoms with Crippen molar-refractivity contribution in [3.63, 3.8) is 0 Å². The van der Waals surface area contributed by atoms with Gasteiger partial charge in [-0.3, -0.25) is 0 Å². The third-order valence-corrected chi connectivity index (χ3v) is 2.34. The van der Waals surface area contributed by atoms with Gasteiger partial charge in [0.15, 0.2) is 5.82 Å². The van der Waals surface area contributed by atoms with Crippen LogP contribution in [0.3, 0.4) is 0 Å². The summed E-state index contributed by atoms with van der Waals surface area (Å²) in [5.41, 5.74) is 6.52. The summed E-state index contributed by atoms with van der Waals surface area (Å²) in [7, 11) is 0. The summed E-state index contributed by atoms with van der Waals surface area (Å²) in [5.74, 6) is 1.56. The normalized spacial score (nSPS) is 11.0. The van der Waals surface area contributed by atoms with Crippen molar-refractivity contribution in [3.05, 3.63) is 24.0 Å². The average molecular weight is 233 g/mol. The lowest BCUT2D eigenvalue weighted by Gasteiger charge is -1.99. The van der Waals surface area contributed by atoms with Crippen molar-refractivity contribution in [1.82, 2.24) is 10.1 Å². The van der Waals surface area contributed by atoms with E-state index in [1.54, 1.807) is 12.1 Å². The number of hydrogen-bond acceptors (Lipinski definition) is 5. The number of nitrogens with zero attached hydrogens (tertiary/aromatic N) is 2. The van der Waals surface area contributed by atoms with E-state index in [1.165, 1.54) is 6.07 Å². The maximum absolute atomic E-state index is 9.50. The topological polar surface area (TPSA) is 85.2 Å². The molecule has 17 heavy (non-hydrogen) atoms. The molecule has 0 radical (unpaired) electrons. The highest BCUT2D eigenvalue weighted by Gasteiger charge is 2.11. The Kier molecular flexibility index (Phi) is 2.99. The zero-order valence-corrected chi connectivity index (χ0v) is 9.84. The number of rotatable bonds is 3. The molecule has 0 aliphatic rings. The Labute approximate surface area is 99.3 Å². The minimum Gasteiger partial charge on any atom is -0.506 e. The molecule has 3 N–H and O–H groups in total. The van der Waals surface area contributed by atoms with Crippen LogP contribution in [0.1, 0.15) is 19.7 Å². The SMILES string of the molecule is CC(C)Cc1noc(-c2ccc(N)c(O)c2)n1. The van der Waals surface area contributed by atoms with Crippen molar-refractivity contribution >= 4 is 5.69 Å². The van der Waals surface area contributed by atoms with Crippen LogP contribution < -0.4 is 5.73 Å². The van der Waals surface area contributed by atoms with Crippen LogP contribution in [0.4, 0.5) is 5.69 Å². The highest BCUT2D eigenvalue weighted by Crippen LogP contribution is 2.26. The zero-order valence-electron chi connectivity index (χ0n) is 9.84. The molecule has 1 aromatic carbocycles. The summed E-state index contributed by atoms with van der Waals surface area (Å²) in [6, 6.07) is 4.86. The van der Waals surface area contributed by atoms with E-state index in [2.05, 4.69) is 24.0 Å². The quantitative estimate of drug-likeness (QED) is 0.627. The Balaban J connectivity index is 2.27. The first kappa shape index (κ1) is 11.4. The molecule has 0 aliphatic carbocycles. The molecule has 2 aromatic rings. The van der Waals surface area contributed by atoms with Crippen LogP contribution in [0, 0.1) is 5.92 Å². The van der Waals surface area contributed by atoms with E-state index in [-0.39, 0.29) is 5.75 Å². The van der Waals surface area contributed by atoms with Crippen molar-refractivity contribution < 1.29 is 9.63 Å². The number of hydrogen-bond donors (Lipinski definition) is 2. The second-order valence-corrected chi connectivity index (χ2v) is 4.39. The van der Waals surface area contributed by atoms with Crippen LogP contribution in [0.2, 0.25) is 0 Å². The van der Waals surface area contributed by atoms with E-state index in [1.807, 2.05) is 0 Å². The predicted molar refractivity (Wildman–Crippen MR) is 64.4 cm³/mol. The van der Waals surface area contributed by atoms with Crippen molar-refractivity contribution in [2.45, 2.75) is 20.3 Å². The molecule has 0 saturated carbocycles. The van der Waals surface area contributed by atoms with Gasteiger partial charge in [0.25, 0.3) is 5.89 Å². The molecule has 5 heteroatoms. The van der Waals surface area contributed by atoms with Gasteiger partial charge in [0.1, 0.15) is 5.75 Å². The number of aromatic nitrogens is 2. The van der Waals surface area contributed by atoms with Crippen LogP contribution in [0.15, 0.2) is 22.7 Å². The molecule has 90 valence electrons. The standard InChI is InChI=1S/C12H15N3O2/c1-7(2)5-11-14-12(17-15-11)8-3-4-9(13)10(16)6-8/h3-4,6-7,16H,5,13H2,1-2H3. The largest absolute Gasteiger partial charge is 0.506 e. The van der Waals surface area contributed by atoms with Gasteiger partial charge < -0.3 is 15.4 Å². The van der Waals surface area contributed by atoms with Gasteiger partial charge in [0, 0.05) is 12.0 Å². The van der Waals surface area contributed by atoms with Crippen LogP contribution in [0.25, 0.3) is 11.5 Å². The second-order valence-electron chi connectivity index (χ2n) is 4.39. The summed E-state index contributed by atoms with van der Waals surface area (Å²) in [5, 5.41) is 13.4. The lowest BCUT2D eigenvalue weighted by atomic mass is 10.1.